The summed E-state index contributed by atoms with van der Waals surface area (Å²) in [6.07, 6.45) is 3.39. The Morgan fingerprint density at radius 1 is 1.42 bits per heavy atom. The van der Waals surface area contributed by atoms with Gasteiger partial charge >= 0.3 is 5.97 Å². The zero-order chi connectivity index (χ0) is 13.8. The number of carboxylic acid groups (broad SMARTS) is 1. The third-order valence-electron chi connectivity index (χ3n) is 3.16. The van der Waals surface area contributed by atoms with E-state index in [9.17, 15) is 9.59 Å². The summed E-state index contributed by atoms with van der Waals surface area (Å²) in [5.74, 6) is -1.38. The Morgan fingerprint density at radius 3 is 2.79 bits per heavy atom. The smallest absolute Gasteiger partial charge is 0.326 e. The van der Waals surface area contributed by atoms with Crippen LogP contribution in [0.1, 0.15) is 35.3 Å². The molecule has 98 valence electrons. The van der Waals surface area contributed by atoms with Gasteiger partial charge in [-0.25, -0.2) is 9.78 Å². The third kappa shape index (κ3) is 2.71. The summed E-state index contributed by atoms with van der Waals surface area (Å²) in [7, 11) is 0. The Morgan fingerprint density at radius 2 is 2.21 bits per heavy atom. The number of piperidine rings is 1. The molecule has 0 aliphatic carbocycles. The van der Waals surface area contributed by atoms with Gasteiger partial charge in [0.05, 0.1) is 5.56 Å². The van der Waals surface area contributed by atoms with Crippen LogP contribution in [0.2, 0.25) is 0 Å². The van der Waals surface area contributed by atoms with E-state index in [1.54, 1.807) is 0 Å². The largest absolute Gasteiger partial charge is 0.480 e. The molecule has 1 aromatic heterocycles. The van der Waals surface area contributed by atoms with Crippen molar-refractivity contribution in [3.63, 3.8) is 0 Å². The summed E-state index contributed by atoms with van der Waals surface area (Å²) in [6, 6.07) is 4.09. The lowest BCUT2D eigenvalue weighted by Crippen LogP contribution is -2.48. The summed E-state index contributed by atoms with van der Waals surface area (Å²) in [5.41, 5.74) is 0.539. The summed E-state index contributed by atoms with van der Waals surface area (Å²) >= 11 is 0. The predicted octanol–water partition coefficient (Wildman–Crippen LogP) is 1.03. The molecule has 1 aliphatic rings. The highest BCUT2D eigenvalue weighted by atomic mass is 16.4. The normalized spacial score (nSPS) is 18.7. The van der Waals surface area contributed by atoms with E-state index >= 15 is 0 Å². The fraction of sp³-hybridized carbons (Fsp3) is 0.385. The molecule has 6 nitrogen and oxygen atoms in total. The second kappa shape index (κ2) is 5.48. The van der Waals surface area contributed by atoms with Crippen molar-refractivity contribution in [2.75, 3.05) is 6.54 Å². The number of carbonyl (C=O) groups excluding carboxylic acids is 1. The first kappa shape index (κ1) is 13.0. The first-order valence-corrected chi connectivity index (χ1v) is 6.03. The van der Waals surface area contributed by atoms with Crippen LogP contribution in [0.5, 0.6) is 0 Å². The number of hydrogen-bond donors (Lipinski definition) is 1. The number of pyridine rings is 1. The van der Waals surface area contributed by atoms with Gasteiger partial charge in [0.1, 0.15) is 17.8 Å². The van der Waals surface area contributed by atoms with E-state index < -0.39 is 17.9 Å². The molecular formula is C13H13N3O3. The van der Waals surface area contributed by atoms with Crippen LogP contribution < -0.4 is 0 Å². The van der Waals surface area contributed by atoms with E-state index in [0.717, 1.165) is 12.8 Å². The van der Waals surface area contributed by atoms with Gasteiger partial charge in [0.2, 0.25) is 0 Å². The fourth-order valence-electron chi connectivity index (χ4n) is 2.17. The molecule has 0 bridgehead atoms. The molecule has 0 aromatic carbocycles. The maximum atomic E-state index is 12.2. The van der Waals surface area contributed by atoms with Crippen LogP contribution in [-0.4, -0.2) is 39.5 Å². The van der Waals surface area contributed by atoms with Crippen LogP contribution in [-0.2, 0) is 4.79 Å². The van der Waals surface area contributed by atoms with Gasteiger partial charge in [0.15, 0.2) is 0 Å². The Kier molecular flexibility index (Phi) is 3.76. The van der Waals surface area contributed by atoms with Crippen LogP contribution in [0, 0.1) is 11.3 Å². The Hall–Kier alpha value is -2.42. The molecule has 1 saturated heterocycles. The molecule has 1 atom stereocenters. The Bertz CT molecular complexity index is 533. The van der Waals surface area contributed by atoms with Crippen molar-refractivity contribution in [3.05, 3.63) is 29.6 Å². The molecule has 1 N–H and O–H groups in total. The summed E-state index contributed by atoms with van der Waals surface area (Å²) in [6.45, 7) is 0.428. The molecule has 1 aromatic rings. The molecule has 0 saturated carbocycles. The van der Waals surface area contributed by atoms with Crippen molar-refractivity contribution < 1.29 is 14.7 Å². The highest BCUT2D eigenvalue weighted by Gasteiger charge is 2.32. The number of nitrogens with zero attached hydrogens (tertiary/aromatic N) is 3. The van der Waals surface area contributed by atoms with Gasteiger partial charge < -0.3 is 10.0 Å². The number of aliphatic carboxylic acids is 1. The van der Waals surface area contributed by atoms with Crippen molar-refractivity contribution in [2.45, 2.75) is 25.3 Å². The van der Waals surface area contributed by atoms with Crippen LogP contribution in [0.25, 0.3) is 0 Å². The van der Waals surface area contributed by atoms with Crippen LogP contribution >= 0.6 is 0 Å². The molecule has 0 spiro atoms. The van der Waals surface area contributed by atoms with Crippen molar-refractivity contribution >= 4 is 11.9 Å². The van der Waals surface area contributed by atoms with Crippen molar-refractivity contribution in [1.82, 2.24) is 9.88 Å². The summed E-state index contributed by atoms with van der Waals surface area (Å²) in [4.78, 5) is 28.6. The standard InChI is InChI=1S/C13H13N3O3/c14-7-9-4-5-10(15-8-9)12(17)16-6-2-1-3-11(16)13(18)19/h4-5,8,11H,1-3,6H2,(H,18,19)/t11-/m1/s1. The van der Waals surface area contributed by atoms with E-state index in [1.165, 1.54) is 23.2 Å². The molecule has 1 amide bonds. The van der Waals surface area contributed by atoms with Gasteiger partial charge in [-0.2, -0.15) is 5.26 Å². The monoisotopic (exact) mass is 259 g/mol. The minimum absolute atomic E-state index is 0.173. The zero-order valence-corrected chi connectivity index (χ0v) is 10.2. The average molecular weight is 259 g/mol. The maximum absolute atomic E-state index is 12.2. The first-order valence-electron chi connectivity index (χ1n) is 6.03. The molecular weight excluding hydrogens is 246 g/mol. The lowest BCUT2D eigenvalue weighted by Gasteiger charge is -2.32. The van der Waals surface area contributed by atoms with Gasteiger partial charge in [-0.1, -0.05) is 0 Å². The predicted molar refractivity (Wildman–Crippen MR) is 65.3 cm³/mol. The second-order valence-electron chi connectivity index (χ2n) is 4.39. The number of hydrogen-bond acceptors (Lipinski definition) is 4. The van der Waals surface area contributed by atoms with E-state index in [0.29, 0.717) is 18.5 Å². The van der Waals surface area contributed by atoms with Crippen molar-refractivity contribution in [2.24, 2.45) is 0 Å². The van der Waals surface area contributed by atoms with E-state index in [-0.39, 0.29) is 5.69 Å². The van der Waals surface area contributed by atoms with E-state index in [4.69, 9.17) is 10.4 Å². The molecule has 0 radical (unpaired) electrons. The van der Waals surface area contributed by atoms with E-state index in [2.05, 4.69) is 4.98 Å². The highest BCUT2D eigenvalue weighted by Crippen LogP contribution is 2.19. The third-order valence-corrected chi connectivity index (χ3v) is 3.16. The summed E-state index contributed by atoms with van der Waals surface area (Å²) < 4.78 is 0. The molecule has 2 heterocycles. The van der Waals surface area contributed by atoms with Crippen molar-refractivity contribution in [1.29, 1.82) is 5.26 Å². The van der Waals surface area contributed by atoms with Gasteiger partial charge in [-0.05, 0) is 31.4 Å². The molecule has 2 rings (SSSR count). The number of nitriles is 1. The van der Waals surface area contributed by atoms with Gasteiger partial charge in [-0.15, -0.1) is 0 Å². The minimum atomic E-state index is -0.985. The number of rotatable bonds is 2. The van der Waals surface area contributed by atoms with Gasteiger partial charge in [-0.3, -0.25) is 4.79 Å². The molecule has 6 heteroatoms. The van der Waals surface area contributed by atoms with Gasteiger partial charge in [0.25, 0.3) is 5.91 Å². The quantitative estimate of drug-likeness (QED) is 0.856. The summed E-state index contributed by atoms with van der Waals surface area (Å²) in [5, 5.41) is 17.8. The van der Waals surface area contributed by atoms with Crippen LogP contribution in [0.3, 0.4) is 0 Å². The topological polar surface area (TPSA) is 94.3 Å². The van der Waals surface area contributed by atoms with Crippen LogP contribution in [0.4, 0.5) is 0 Å². The number of amides is 1. The first-order chi connectivity index (χ1) is 9.13. The van der Waals surface area contributed by atoms with Crippen LogP contribution in [0.15, 0.2) is 18.3 Å². The van der Waals surface area contributed by atoms with E-state index in [1.807, 2.05) is 6.07 Å². The second-order valence-corrected chi connectivity index (χ2v) is 4.39. The average Bonchev–Trinajstić information content (AvgIpc) is 2.46. The minimum Gasteiger partial charge on any atom is -0.480 e. The number of aromatic nitrogens is 1. The maximum Gasteiger partial charge on any atom is 0.326 e. The molecule has 1 fully saturated rings. The van der Waals surface area contributed by atoms with Crippen molar-refractivity contribution in [3.8, 4) is 6.07 Å². The number of carboxylic acids is 1. The number of likely N-dealkylation sites (tertiary alicyclic amines) is 1. The SMILES string of the molecule is N#Cc1ccc(C(=O)N2CCCC[C@@H]2C(=O)O)nc1. The molecule has 1 aliphatic heterocycles. The number of carbonyl (C=O) groups is 2. The highest BCUT2D eigenvalue weighted by molar-refractivity contribution is 5.95. The lowest BCUT2D eigenvalue weighted by molar-refractivity contribution is -0.143. The van der Waals surface area contributed by atoms with Gasteiger partial charge in [0, 0.05) is 12.7 Å². The fourth-order valence-corrected chi connectivity index (χ4v) is 2.17. The lowest BCUT2D eigenvalue weighted by atomic mass is 10.0. The Balaban J connectivity index is 2.21. The molecule has 0 unspecified atom stereocenters. The molecule has 19 heavy (non-hydrogen) atoms. The zero-order valence-electron chi connectivity index (χ0n) is 10.2. The Labute approximate surface area is 110 Å².